The van der Waals surface area contributed by atoms with Gasteiger partial charge >= 0.3 is 0 Å². The summed E-state index contributed by atoms with van der Waals surface area (Å²) < 4.78 is 4.14. The number of unbranched alkanes of at least 4 members (excludes halogenated alkanes) is 1. The highest BCUT2D eigenvalue weighted by Crippen LogP contribution is 2.34. The summed E-state index contributed by atoms with van der Waals surface area (Å²) in [4.78, 5) is 4.77. The van der Waals surface area contributed by atoms with Gasteiger partial charge in [-0.2, -0.15) is 5.10 Å². The average Bonchev–Trinajstić information content (AvgIpc) is 3.39. The Morgan fingerprint density at radius 2 is 1.77 bits per heavy atom. The molecule has 2 aromatic carbocycles. The molecule has 0 amide bonds. The van der Waals surface area contributed by atoms with Gasteiger partial charge in [-0.05, 0) is 50.1 Å². The molecule has 5 nitrogen and oxygen atoms in total. The van der Waals surface area contributed by atoms with Crippen molar-refractivity contribution < 1.29 is 0 Å². The molecule has 0 spiro atoms. The van der Waals surface area contributed by atoms with Gasteiger partial charge in [0.25, 0.3) is 0 Å². The van der Waals surface area contributed by atoms with Crippen LogP contribution < -0.4 is 5.73 Å². The Kier molecular flexibility index (Phi) is 8.66. The van der Waals surface area contributed by atoms with Crippen LogP contribution in [0.4, 0.5) is 0 Å². The second-order valence-corrected chi connectivity index (χ2v) is 6.95. The molecule has 0 saturated carbocycles. The molecule has 4 rings (SSSR count). The minimum Gasteiger partial charge on any atom is -0.330 e. The number of halogens is 2. The van der Waals surface area contributed by atoms with Crippen LogP contribution in [-0.4, -0.2) is 25.9 Å². The molecule has 2 N–H and O–H groups in total. The Labute approximate surface area is 189 Å². The summed E-state index contributed by atoms with van der Waals surface area (Å²) in [5.41, 5.74) is 12.5. The first-order chi connectivity index (χ1) is 13.8. The first kappa shape index (κ1) is 23.7. The number of benzene rings is 2. The van der Waals surface area contributed by atoms with E-state index < -0.39 is 0 Å². The maximum Gasteiger partial charge on any atom is 0.0963 e. The van der Waals surface area contributed by atoms with Gasteiger partial charge in [0.2, 0.25) is 0 Å². The van der Waals surface area contributed by atoms with E-state index in [0.717, 1.165) is 42.0 Å². The molecule has 4 aromatic rings. The molecule has 0 atom stereocenters. The van der Waals surface area contributed by atoms with E-state index in [9.17, 15) is 0 Å². The average molecular weight is 444 g/mol. The summed E-state index contributed by atoms with van der Waals surface area (Å²) in [6.45, 7) is 3.77. The molecule has 0 bridgehead atoms. The van der Waals surface area contributed by atoms with Crippen molar-refractivity contribution in [1.82, 2.24) is 19.3 Å². The summed E-state index contributed by atoms with van der Waals surface area (Å²) in [6.07, 6.45) is 7.76. The summed E-state index contributed by atoms with van der Waals surface area (Å²) in [5, 5.41) is 4.34. The lowest BCUT2D eigenvalue weighted by atomic mass is 10.00. The molecule has 0 radical (unpaired) electrons. The van der Waals surface area contributed by atoms with Crippen LogP contribution in [0, 0.1) is 6.92 Å². The first-order valence-corrected chi connectivity index (χ1v) is 9.69. The van der Waals surface area contributed by atoms with Crippen LogP contribution in [0.15, 0.2) is 73.3 Å². The van der Waals surface area contributed by atoms with Crippen molar-refractivity contribution in [3.05, 3.63) is 78.9 Å². The fourth-order valence-corrected chi connectivity index (χ4v) is 3.55. The fourth-order valence-electron chi connectivity index (χ4n) is 3.55. The zero-order valence-corrected chi connectivity index (χ0v) is 18.6. The Balaban J connectivity index is 0.00000160. The minimum absolute atomic E-state index is 0. The van der Waals surface area contributed by atoms with Crippen LogP contribution in [0.1, 0.15) is 18.4 Å². The number of hydrogen-bond acceptors (Lipinski definition) is 3. The lowest BCUT2D eigenvalue weighted by Crippen LogP contribution is -2.05. The highest BCUT2D eigenvalue weighted by Gasteiger charge is 2.17. The molecule has 2 heterocycles. The van der Waals surface area contributed by atoms with Crippen molar-refractivity contribution in [1.29, 1.82) is 0 Å². The van der Waals surface area contributed by atoms with Crippen LogP contribution in [0.5, 0.6) is 0 Å². The van der Waals surface area contributed by atoms with Gasteiger partial charge in [0, 0.05) is 30.1 Å². The van der Waals surface area contributed by atoms with Crippen LogP contribution in [0.25, 0.3) is 28.2 Å². The molecule has 0 saturated heterocycles. The monoisotopic (exact) mass is 443 g/mol. The van der Waals surface area contributed by atoms with Crippen LogP contribution in [0.2, 0.25) is 0 Å². The van der Waals surface area contributed by atoms with Gasteiger partial charge in [0.1, 0.15) is 0 Å². The number of aryl methyl sites for hydroxylation is 2. The van der Waals surface area contributed by atoms with Gasteiger partial charge in [-0.25, -0.2) is 9.67 Å². The first-order valence-electron chi connectivity index (χ1n) is 9.69. The molecular weight excluding hydrogens is 417 g/mol. The number of rotatable bonds is 7. The molecule has 0 unspecified atom stereocenters. The van der Waals surface area contributed by atoms with Crippen molar-refractivity contribution in [2.24, 2.45) is 5.73 Å². The SMILES string of the molecule is Cc1cc(-n2cccn2)ccc1-c1c(-c2ccccc2)ncn1CCCCN.Cl.Cl. The standard InChI is InChI=1S/C23H25N5.2ClH/c1-18-16-20(28-15-7-13-26-28)10-11-21(18)23-22(19-8-3-2-4-9-19)25-17-27(23)14-6-5-12-24;;/h2-4,7-11,13,15-17H,5-6,12,14,24H2,1H3;2*1H. The maximum atomic E-state index is 5.69. The van der Waals surface area contributed by atoms with Crippen molar-refractivity contribution in [2.45, 2.75) is 26.3 Å². The molecule has 0 fully saturated rings. The lowest BCUT2D eigenvalue weighted by Gasteiger charge is -2.14. The van der Waals surface area contributed by atoms with Gasteiger partial charge in [-0.1, -0.05) is 36.4 Å². The van der Waals surface area contributed by atoms with E-state index in [1.54, 1.807) is 6.20 Å². The van der Waals surface area contributed by atoms with E-state index in [1.165, 1.54) is 11.1 Å². The number of aromatic nitrogens is 4. The van der Waals surface area contributed by atoms with E-state index in [0.29, 0.717) is 6.54 Å². The largest absolute Gasteiger partial charge is 0.330 e. The predicted octanol–water partition coefficient (Wildman–Crippen LogP) is 5.29. The zero-order chi connectivity index (χ0) is 19.3. The zero-order valence-electron chi connectivity index (χ0n) is 16.9. The quantitative estimate of drug-likeness (QED) is 0.394. The molecule has 2 aromatic heterocycles. The van der Waals surface area contributed by atoms with E-state index in [-0.39, 0.29) is 24.8 Å². The van der Waals surface area contributed by atoms with Gasteiger partial charge in [-0.3, -0.25) is 0 Å². The Bertz CT molecular complexity index is 1040. The third kappa shape index (κ3) is 4.93. The lowest BCUT2D eigenvalue weighted by molar-refractivity contribution is 0.618. The Hall–Kier alpha value is -2.60. The van der Waals surface area contributed by atoms with Gasteiger partial charge in [-0.15, -0.1) is 24.8 Å². The summed E-state index contributed by atoms with van der Waals surface area (Å²) in [5.74, 6) is 0. The maximum absolute atomic E-state index is 5.69. The smallest absolute Gasteiger partial charge is 0.0963 e. The van der Waals surface area contributed by atoms with E-state index in [4.69, 9.17) is 10.7 Å². The molecule has 30 heavy (non-hydrogen) atoms. The van der Waals surface area contributed by atoms with E-state index in [1.807, 2.05) is 29.3 Å². The van der Waals surface area contributed by atoms with Gasteiger partial charge in [0.15, 0.2) is 0 Å². The second kappa shape index (κ2) is 11.0. The molecular formula is C23H27Cl2N5. The molecule has 0 aliphatic heterocycles. The fraction of sp³-hybridized carbons (Fsp3) is 0.217. The Morgan fingerprint density at radius 3 is 2.43 bits per heavy atom. The number of hydrogen-bond donors (Lipinski definition) is 1. The summed E-state index contributed by atoms with van der Waals surface area (Å²) >= 11 is 0. The van der Waals surface area contributed by atoms with Crippen LogP contribution in [-0.2, 0) is 6.54 Å². The van der Waals surface area contributed by atoms with Crippen molar-refractivity contribution in [3.63, 3.8) is 0 Å². The molecule has 0 aliphatic carbocycles. The number of nitrogens with two attached hydrogens (primary N) is 1. The number of nitrogens with zero attached hydrogens (tertiary/aromatic N) is 4. The third-order valence-corrected chi connectivity index (χ3v) is 4.97. The number of imidazole rings is 1. The van der Waals surface area contributed by atoms with Crippen molar-refractivity contribution >= 4 is 24.8 Å². The van der Waals surface area contributed by atoms with Crippen molar-refractivity contribution in [2.75, 3.05) is 6.54 Å². The molecule has 7 heteroatoms. The Morgan fingerprint density at radius 1 is 0.967 bits per heavy atom. The topological polar surface area (TPSA) is 61.7 Å². The van der Waals surface area contributed by atoms with Crippen LogP contribution >= 0.6 is 24.8 Å². The highest BCUT2D eigenvalue weighted by molar-refractivity contribution is 5.85. The van der Waals surface area contributed by atoms with E-state index >= 15 is 0 Å². The minimum atomic E-state index is 0. The normalized spacial score (nSPS) is 10.3. The van der Waals surface area contributed by atoms with E-state index in [2.05, 4.69) is 59.1 Å². The summed E-state index contributed by atoms with van der Waals surface area (Å²) in [7, 11) is 0. The second-order valence-electron chi connectivity index (χ2n) is 6.95. The molecule has 0 aliphatic rings. The predicted molar refractivity (Wildman–Crippen MR) is 128 cm³/mol. The van der Waals surface area contributed by atoms with Gasteiger partial charge in [0.05, 0.1) is 23.4 Å². The van der Waals surface area contributed by atoms with Gasteiger partial charge < -0.3 is 10.3 Å². The summed E-state index contributed by atoms with van der Waals surface area (Å²) in [6, 6.07) is 18.8. The van der Waals surface area contributed by atoms with Crippen LogP contribution in [0.3, 0.4) is 0 Å². The molecule has 158 valence electrons. The van der Waals surface area contributed by atoms with Crippen molar-refractivity contribution in [3.8, 4) is 28.2 Å². The highest BCUT2D eigenvalue weighted by atomic mass is 35.5. The third-order valence-electron chi connectivity index (χ3n) is 4.97.